The Bertz CT molecular complexity index is 785. The highest BCUT2D eigenvalue weighted by Gasteiger charge is 2.30. The third-order valence-electron chi connectivity index (χ3n) is 4.65. The van der Waals surface area contributed by atoms with Crippen LogP contribution in [0.25, 0.3) is 0 Å². The number of carbonyl (C=O) groups is 1. The highest BCUT2D eigenvalue weighted by atomic mass is 19.1. The summed E-state index contributed by atoms with van der Waals surface area (Å²) in [7, 11) is 0. The van der Waals surface area contributed by atoms with Crippen LogP contribution in [0.4, 0.5) is 4.39 Å². The molecule has 0 aliphatic carbocycles. The highest BCUT2D eigenvalue weighted by molar-refractivity contribution is 5.76. The quantitative estimate of drug-likeness (QED) is 0.857. The molecular weight excluding hydrogens is 327 g/mol. The van der Waals surface area contributed by atoms with Gasteiger partial charge in [0.1, 0.15) is 11.6 Å². The van der Waals surface area contributed by atoms with E-state index in [1.807, 2.05) is 0 Å². The van der Waals surface area contributed by atoms with Crippen molar-refractivity contribution in [1.82, 2.24) is 10.1 Å². The summed E-state index contributed by atoms with van der Waals surface area (Å²) in [4.78, 5) is 25.1. The lowest BCUT2D eigenvalue weighted by Crippen LogP contribution is -2.46. The molecule has 1 fully saturated rings. The molecule has 0 saturated carbocycles. The molecule has 2 heterocycles. The van der Waals surface area contributed by atoms with Crippen LogP contribution in [-0.4, -0.2) is 40.3 Å². The topological polar surface area (TPSA) is 86.5 Å². The van der Waals surface area contributed by atoms with E-state index < -0.39 is 6.10 Å². The molecular formula is C18H21FN2O4. The molecule has 1 aliphatic rings. The van der Waals surface area contributed by atoms with Gasteiger partial charge in [0, 0.05) is 37.9 Å². The second-order valence-electron chi connectivity index (χ2n) is 6.43. The molecule has 0 radical (unpaired) electrons. The summed E-state index contributed by atoms with van der Waals surface area (Å²) in [6.45, 7) is 0.871. The molecule has 7 heteroatoms. The maximum Gasteiger partial charge on any atom is 0.280 e. The van der Waals surface area contributed by atoms with Crippen molar-refractivity contribution >= 4 is 5.91 Å². The number of piperidine rings is 1. The summed E-state index contributed by atoms with van der Waals surface area (Å²) in [5.41, 5.74) is 0.225. The van der Waals surface area contributed by atoms with E-state index >= 15 is 0 Å². The zero-order valence-corrected chi connectivity index (χ0v) is 13.8. The number of rotatable bonds is 5. The van der Waals surface area contributed by atoms with Gasteiger partial charge in [-0.15, -0.1) is 0 Å². The number of carbonyl (C=O) groups excluding carboxylic acids is 1. The van der Waals surface area contributed by atoms with Crippen molar-refractivity contribution in [2.75, 3.05) is 13.1 Å². The number of hydrogen-bond donors (Lipinski definition) is 2. The summed E-state index contributed by atoms with van der Waals surface area (Å²) >= 11 is 0. The van der Waals surface area contributed by atoms with Crippen LogP contribution in [0, 0.1) is 11.7 Å². The lowest BCUT2D eigenvalue weighted by Gasteiger charge is -2.36. The van der Waals surface area contributed by atoms with Crippen LogP contribution >= 0.6 is 0 Å². The second kappa shape index (κ2) is 7.65. The number of halogens is 1. The molecule has 1 saturated heterocycles. The van der Waals surface area contributed by atoms with Crippen LogP contribution in [0.1, 0.15) is 24.2 Å². The van der Waals surface area contributed by atoms with Crippen LogP contribution in [-0.2, 0) is 17.6 Å². The third kappa shape index (κ3) is 4.36. The number of aromatic amines is 1. The van der Waals surface area contributed by atoms with Gasteiger partial charge < -0.3 is 14.5 Å². The number of hydrogen-bond acceptors (Lipinski definition) is 4. The molecule has 0 bridgehead atoms. The standard InChI is InChI=1S/C18H21FN2O4/c19-15-4-2-1-3-12(15)9-13-11-21(8-7-16(13)22)18(24)6-5-14-10-17(23)20-25-14/h1-4,10,13,16,22H,5-9,11H2,(H,20,23)/t13-,16+/m1/s1. The number of amides is 1. The Balaban J connectivity index is 1.58. The molecule has 3 rings (SSSR count). The number of nitrogens with zero attached hydrogens (tertiary/aromatic N) is 1. The Morgan fingerprint density at radius 2 is 2.20 bits per heavy atom. The van der Waals surface area contributed by atoms with Crippen molar-refractivity contribution in [3.63, 3.8) is 0 Å². The van der Waals surface area contributed by atoms with E-state index in [2.05, 4.69) is 5.16 Å². The summed E-state index contributed by atoms with van der Waals surface area (Å²) in [6.07, 6.45) is 0.887. The van der Waals surface area contributed by atoms with Crippen LogP contribution in [0.15, 0.2) is 39.6 Å². The number of aryl methyl sites for hydroxylation is 1. The van der Waals surface area contributed by atoms with Crippen molar-refractivity contribution < 1.29 is 18.8 Å². The minimum Gasteiger partial charge on any atom is -0.393 e. The van der Waals surface area contributed by atoms with E-state index in [4.69, 9.17) is 4.52 Å². The number of benzene rings is 1. The van der Waals surface area contributed by atoms with E-state index in [1.165, 1.54) is 12.1 Å². The molecule has 2 atom stereocenters. The molecule has 1 aliphatic heterocycles. The minimum absolute atomic E-state index is 0.0608. The Morgan fingerprint density at radius 3 is 2.92 bits per heavy atom. The maximum absolute atomic E-state index is 13.8. The average Bonchev–Trinajstić information content (AvgIpc) is 3.02. The minimum atomic E-state index is -0.550. The fourth-order valence-corrected chi connectivity index (χ4v) is 3.23. The highest BCUT2D eigenvalue weighted by Crippen LogP contribution is 2.23. The van der Waals surface area contributed by atoms with Crippen LogP contribution in [0.3, 0.4) is 0 Å². The van der Waals surface area contributed by atoms with Crippen LogP contribution in [0.2, 0.25) is 0 Å². The monoisotopic (exact) mass is 348 g/mol. The lowest BCUT2D eigenvalue weighted by molar-refractivity contribution is -0.135. The molecule has 0 unspecified atom stereocenters. The van der Waals surface area contributed by atoms with Gasteiger partial charge in [-0.05, 0) is 24.5 Å². The average molecular weight is 348 g/mol. The van der Waals surface area contributed by atoms with Crippen LogP contribution < -0.4 is 5.56 Å². The van der Waals surface area contributed by atoms with Gasteiger partial charge in [-0.3, -0.25) is 9.59 Å². The fraction of sp³-hybridized carbons (Fsp3) is 0.444. The molecule has 6 nitrogen and oxygen atoms in total. The summed E-state index contributed by atoms with van der Waals surface area (Å²) in [6, 6.07) is 7.83. The molecule has 25 heavy (non-hydrogen) atoms. The zero-order valence-electron chi connectivity index (χ0n) is 13.8. The Morgan fingerprint density at radius 1 is 1.40 bits per heavy atom. The SMILES string of the molecule is O=C(CCc1cc(=O)[nH]o1)N1CC[C@H](O)[C@H](Cc2ccccc2F)C1. The van der Waals surface area contributed by atoms with Crippen molar-refractivity contribution in [3.8, 4) is 0 Å². The van der Waals surface area contributed by atoms with Gasteiger partial charge in [0.25, 0.3) is 5.56 Å². The molecule has 2 N–H and O–H groups in total. The first-order valence-corrected chi connectivity index (χ1v) is 8.39. The summed E-state index contributed by atoms with van der Waals surface area (Å²) in [5, 5.41) is 12.4. The predicted octanol–water partition coefficient (Wildman–Crippen LogP) is 1.49. The van der Waals surface area contributed by atoms with Gasteiger partial charge in [-0.25, -0.2) is 4.39 Å². The Hall–Kier alpha value is -2.41. The van der Waals surface area contributed by atoms with E-state index in [1.54, 1.807) is 23.1 Å². The molecule has 0 spiro atoms. The number of nitrogens with one attached hydrogen (secondary N) is 1. The van der Waals surface area contributed by atoms with E-state index in [0.717, 1.165) is 0 Å². The first-order valence-electron chi connectivity index (χ1n) is 8.39. The summed E-state index contributed by atoms with van der Waals surface area (Å²) < 4.78 is 18.8. The van der Waals surface area contributed by atoms with Gasteiger partial charge in [0.05, 0.1) is 6.10 Å². The van der Waals surface area contributed by atoms with Gasteiger partial charge in [0.15, 0.2) is 0 Å². The smallest absolute Gasteiger partial charge is 0.280 e. The van der Waals surface area contributed by atoms with Gasteiger partial charge >= 0.3 is 0 Å². The zero-order chi connectivity index (χ0) is 17.8. The predicted molar refractivity (Wildman–Crippen MR) is 88.4 cm³/mol. The van der Waals surface area contributed by atoms with Gasteiger partial charge in [-0.2, -0.15) is 5.16 Å². The lowest BCUT2D eigenvalue weighted by atomic mass is 9.88. The van der Waals surface area contributed by atoms with Crippen molar-refractivity contribution in [2.45, 2.75) is 31.8 Å². The van der Waals surface area contributed by atoms with E-state index in [0.29, 0.717) is 43.7 Å². The number of likely N-dealkylation sites (tertiary alicyclic amines) is 1. The Labute approximate surface area is 144 Å². The number of aromatic nitrogens is 1. The molecule has 134 valence electrons. The van der Waals surface area contributed by atoms with E-state index in [9.17, 15) is 19.1 Å². The number of aliphatic hydroxyl groups excluding tert-OH is 1. The molecule has 1 amide bonds. The van der Waals surface area contributed by atoms with Gasteiger partial charge in [0.2, 0.25) is 5.91 Å². The first kappa shape index (κ1) is 17.4. The second-order valence-corrected chi connectivity index (χ2v) is 6.43. The molecule has 1 aromatic heterocycles. The third-order valence-corrected chi connectivity index (χ3v) is 4.65. The normalized spacial score (nSPS) is 20.6. The largest absolute Gasteiger partial charge is 0.393 e. The van der Waals surface area contributed by atoms with Crippen molar-refractivity contribution in [3.05, 3.63) is 57.8 Å². The molecule has 1 aromatic carbocycles. The molecule has 2 aromatic rings. The van der Waals surface area contributed by atoms with Gasteiger partial charge in [-0.1, -0.05) is 18.2 Å². The number of H-pyrrole nitrogens is 1. The van der Waals surface area contributed by atoms with E-state index in [-0.39, 0.29) is 29.6 Å². The Kier molecular flexibility index (Phi) is 5.33. The summed E-state index contributed by atoms with van der Waals surface area (Å²) in [5.74, 6) is -0.104. The fourth-order valence-electron chi connectivity index (χ4n) is 3.23. The van der Waals surface area contributed by atoms with Crippen LogP contribution in [0.5, 0.6) is 0 Å². The first-order chi connectivity index (χ1) is 12.0. The maximum atomic E-state index is 13.8. The van der Waals surface area contributed by atoms with Crippen molar-refractivity contribution in [2.24, 2.45) is 5.92 Å². The number of aliphatic hydroxyl groups is 1. The van der Waals surface area contributed by atoms with Crippen molar-refractivity contribution in [1.29, 1.82) is 0 Å².